The van der Waals surface area contributed by atoms with Crippen LogP contribution >= 0.6 is 0 Å². The van der Waals surface area contributed by atoms with Gasteiger partial charge >= 0.3 is 0 Å². The number of hydrogen-bond acceptors (Lipinski definition) is 5. The summed E-state index contributed by atoms with van der Waals surface area (Å²) >= 11 is 0. The first-order chi connectivity index (χ1) is 11.6. The zero-order valence-corrected chi connectivity index (χ0v) is 13.4. The molecule has 0 spiro atoms. The fourth-order valence-corrected chi connectivity index (χ4v) is 3.43. The quantitative estimate of drug-likeness (QED) is 0.636. The molecule has 0 bridgehead atoms. The zero-order valence-electron chi connectivity index (χ0n) is 13.4. The molecule has 0 radical (unpaired) electrons. The molecular formula is C18H20N4O2. The lowest BCUT2D eigenvalue weighted by Crippen LogP contribution is -2.37. The number of anilines is 1. The number of nitrogens with one attached hydrogen (secondary N) is 3. The molecule has 4 rings (SSSR count). The highest BCUT2D eigenvalue weighted by Gasteiger charge is 2.27. The van der Waals surface area contributed by atoms with Gasteiger partial charge < -0.3 is 15.1 Å². The lowest BCUT2D eigenvalue weighted by molar-refractivity contribution is 0.291. The van der Waals surface area contributed by atoms with E-state index >= 15 is 0 Å². The average molecular weight is 324 g/mol. The van der Waals surface area contributed by atoms with Crippen molar-refractivity contribution in [3.8, 4) is 5.75 Å². The number of benzene rings is 1. The van der Waals surface area contributed by atoms with Gasteiger partial charge in [0, 0.05) is 24.7 Å². The first-order valence-electron chi connectivity index (χ1n) is 8.09. The lowest BCUT2D eigenvalue weighted by Gasteiger charge is -2.34. The molecule has 2 aliphatic heterocycles. The van der Waals surface area contributed by atoms with Crippen LogP contribution in [0.4, 0.5) is 5.69 Å². The minimum atomic E-state index is -0.361. The van der Waals surface area contributed by atoms with Crippen molar-refractivity contribution in [1.82, 2.24) is 15.3 Å². The number of pyridine rings is 1. The van der Waals surface area contributed by atoms with Crippen molar-refractivity contribution in [2.24, 2.45) is 5.92 Å². The highest BCUT2D eigenvalue weighted by Crippen LogP contribution is 2.33. The Balaban J connectivity index is 1.68. The van der Waals surface area contributed by atoms with Gasteiger partial charge in [0.25, 0.3) is 0 Å². The third-order valence-electron chi connectivity index (χ3n) is 4.73. The molecule has 0 fully saturated rings. The van der Waals surface area contributed by atoms with E-state index in [-0.39, 0.29) is 29.3 Å². The summed E-state index contributed by atoms with van der Waals surface area (Å²) in [5, 5.41) is 13.4. The van der Waals surface area contributed by atoms with E-state index in [1.165, 1.54) is 23.4 Å². The Kier molecular flexibility index (Phi) is 3.63. The molecule has 3 heterocycles. The summed E-state index contributed by atoms with van der Waals surface area (Å²) in [6.07, 6.45) is 7.52. The molecule has 1 aromatic carbocycles. The third kappa shape index (κ3) is 2.50. The van der Waals surface area contributed by atoms with Gasteiger partial charge in [-0.1, -0.05) is 31.2 Å². The van der Waals surface area contributed by atoms with Crippen LogP contribution in [0.2, 0.25) is 0 Å². The second-order valence-corrected chi connectivity index (χ2v) is 6.33. The maximum atomic E-state index is 11.4. The molecule has 0 saturated carbocycles. The third-order valence-corrected chi connectivity index (χ3v) is 4.73. The van der Waals surface area contributed by atoms with Crippen molar-refractivity contribution >= 4 is 5.69 Å². The molecular weight excluding hydrogens is 304 g/mol. The van der Waals surface area contributed by atoms with Crippen molar-refractivity contribution in [2.45, 2.75) is 25.7 Å². The monoisotopic (exact) mass is 324 g/mol. The second-order valence-electron chi connectivity index (χ2n) is 6.33. The number of aromatic nitrogens is 1. The van der Waals surface area contributed by atoms with Gasteiger partial charge in [0.15, 0.2) is 5.75 Å². The standard InChI is InChI=1S/C18H20N4O2/c1-11-5-6-14(12-3-2-4-15-13(12)9-19-21-15)20-18(11)22-8-7-16(23)17(24)10-22/h2-8,10-11,14,18-21,24H,9H2,1H3. The Morgan fingerprint density at radius 2 is 2.12 bits per heavy atom. The minimum Gasteiger partial charge on any atom is -0.503 e. The van der Waals surface area contributed by atoms with E-state index in [4.69, 9.17) is 0 Å². The predicted molar refractivity (Wildman–Crippen MR) is 92.5 cm³/mol. The molecule has 3 unspecified atom stereocenters. The Hall–Kier alpha value is -2.57. The number of aromatic hydroxyl groups is 1. The first-order valence-corrected chi connectivity index (χ1v) is 8.09. The lowest BCUT2D eigenvalue weighted by atomic mass is 9.93. The Bertz CT molecular complexity index is 858. The van der Waals surface area contributed by atoms with E-state index in [0.29, 0.717) is 0 Å². The summed E-state index contributed by atoms with van der Waals surface area (Å²) in [7, 11) is 0. The summed E-state index contributed by atoms with van der Waals surface area (Å²) in [4.78, 5) is 11.4. The van der Waals surface area contributed by atoms with Crippen molar-refractivity contribution < 1.29 is 5.11 Å². The van der Waals surface area contributed by atoms with Crippen LogP contribution < -0.4 is 21.6 Å². The summed E-state index contributed by atoms with van der Waals surface area (Å²) in [6, 6.07) is 7.70. The van der Waals surface area contributed by atoms with Gasteiger partial charge in [-0.15, -0.1) is 0 Å². The van der Waals surface area contributed by atoms with E-state index in [2.05, 4.69) is 47.4 Å². The van der Waals surface area contributed by atoms with Gasteiger partial charge in [-0.2, -0.15) is 0 Å². The summed E-state index contributed by atoms with van der Waals surface area (Å²) < 4.78 is 1.86. The van der Waals surface area contributed by atoms with Crippen LogP contribution in [0.15, 0.2) is 53.6 Å². The highest BCUT2D eigenvalue weighted by molar-refractivity contribution is 5.58. The summed E-state index contributed by atoms with van der Waals surface area (Å²) in [6.45, 7) is 2.90. The molecule has 2 aliphatic rings. The number of nitrogens with zero attached hydrogens (tertiary/aromatic N) is 1. The number of hydrazine groups is 1. The second kappa shape index (κ2) is 5.81. The molecule has 0 aliphatic carbocycles. The van der Waals surface area contributed by atoms with Crippen LogP contribution in [0, 0.1) is 5.92 Å². The van der Waals surface area contributed by atoms with Crippen molar-refractivity contribution in [1.29, 1.82) is 0 Å². The molecule has 6 nitrogen and oxygen atoms in total. The van der Waals surface area contributed by atoms with Crippen LogP contribution in [0.25, 0.3) is 0 Å². The van der Waals surface area contributed by atoms with Crippen LogP contribution in [-0.2, 0) is 6.54 Å². The van der Waals surface area contributed by atoms with Crippen LogP contribution in [0.5, 0.6) is 5.75 Å². The average Bonchev–Trinajstić information content (AvgIpc) is 3.07. The number of fused-ring (bicyclic) bond motifs is 1. The van der Waals surface area contributed by atoms with Crippen molar-refractivity contribution in [2.75, 3.05) is 5.43 Å². The SMILES string of the molecule is CC1C=CC(c2cccc3c2CNN3)NC1n1ccc(=O)c(O)c1. The van der Waals surface area contributed by atoms with Crippen LogP contribution in [-0.4, -0.2) is 9.67 Å². The van der Waals surface area contributed by atoms with Gasteiger partial charge in [0.2, 0.25) is 5.43 Å². The predicted octanol–water partition coefficient (Wildman–Crippen LogP) is 2.02. The van der Waals surface area contributed by atoms with Gasteiger partial charge in [-0.05, 0) is 17.2 Å². The van der Waals surface area contributed by atoms with E-state index in [1.54, 1.807) is 6.20 Å². The zero-order chi connectivity index (χ0) is 16.7. The van der Waals surface area contributed by atoms with Gasteiger partial charge in [-0.3, -0.25) is 10.1 Å². The van der Waals surface area contributed by atoms with E-state index in [1.807, 2.05) is 10.6 Å². The number of hydrogen-bond donors (Lipinski definition) is 4. The Morgan fingerprint density at radius 3 is 2.96 bits per heavy atom. The Morgan fingerprint density at radius 1 is 1.25 bits per heavy atom. The molecule has 3 atom stereocenters. The fraction of sp³-hybridized carbons (Fsp3) is 0.278. The van der Waals surface area contributed by atoms with Crippen LogP contribution in [0.3, 0.4) is 0 Å². The smallest absolute Gasteiger partial charge is 0.223 e. The molecule has 124 valence electrons. The first kappa shape index (κ1) is 15.0. The van der Waals surface area contributed by atoms with Crippen molar-refractivity contribution in [3.05, 3.63) is 70.2 Å². The fourth-order valence-electron chi connectivity index (χ4n) is 3.43. The summed E-state index contributed by atoms with van der Waals surface area (Å²) in [5.74, 6) is 0.00256. The van der Waals surface area contributed by atoms with E-state index in [0.717, 1.165) is 12.2 Å². The normalized spacial score (nSPS) is 25.3. The number of rotatable bonds is 2. The topological polar surface area (TPSA) is 78.3 Å². The Labute approximate surface area is 139 Å². The highest BCUT2D eigenvalue weighted by atomic mass is 16.3. The van der Waals surface area contributed by atoms with E-state index in [9.17, 15) is 9.90 Å². The van der Waals surface area contributed by atoms with Gasteiger partial charge in [-0.25, -0.2) is 5.43 Å². The maximum Gasteiger partial charge on any atom is 0.223 e. The largest absolute Gasteiger partial charge is 0.503 e. The van der Waals surface area contributed by atoms with Crippen LogP contribution in [0.1, 0.15) is 30.3 Å². The molecule has 1 aromatic heterocycles. The summed E-state index contributed by atoms with van der Waals surface area (Å²) in [5.41, 5.74) is 9.56. The van der Waals surface area contributed by atoms with E-state index < -0.39 is 0 Å². The van der Waals surface area contributed by atoms with Gasteiger partial charge in [0.05, 0.1) is 24.1 Å². The molecule has 24 heavy (non-hydrogen) atoms. The van der Waals surface area contributed by atoms with Crippen molar-refractivity contribution in [3.63, 3.8) is 0 Å². The molecule has 0 amide bonds. The molecule has 0 saturated heterocycles. The molecule has 6 heteroatoms. The maximum absolute atomic E-state index is 11.4. The van der Waals surface area contributed by atoms with Gasteiger partial charge in [0.1, 0.15) is 0 Å². The molecule has 2 aromatic rings. The minimum absolute atomic E-state index is 0.0373. The molecule has 4 N–H and O–H groups in total.